The van der Waals surface area contributed by atoms with Crippen molar-refractivity contribution >= 4 is 6.09 Å². The Morgan fingerprint density at radius 1 is 0.853 bits per heavy atom. The summed E-state index contributed by atoms with van der Waals surface area (Å²) in [6.45, 7) is 5.20. The van der Waals surface area contributed by atoms with Crippen molar-refractivity contribution in [1.29, 1.82) is 5.26 Å². The van der Waals surface area contributed by atoms with E-state index in [9.17, 15) is 4.79 Å². The zero-order valence-corrected chi connectivity index (χ0v) is 19.5. The average Bonchev–Trinajstić information content (AvgIpc) is 3.09. The van der Waals surface area contributed by atoms with E-state index >= 15 is 0 Å². The Hall–Kier alpha value is -3.62. The predicted molar refractivity (Wildman–Crippen MR) is 131 cm³/mol. The van der Waals surface area contributed by atoms with Crippen LogP contribution in [0.4, 0.5) is 4.79 Å². The molecule has 2 aliphatic rings. The highest BCUT2D eigenvalue weighted by Crippen LogP contribution is 2.52. The topological polar surface area (TPSA) is 56.6 Å². The number of piperidine rings is 1. The van der Waals surface area contributed by atoms with Gasteiger partial charge in [0.25, 0.3) is 0 Å². The van der Waals surface area contributed by atoms with E-state index in [0.29, 0.717) is 12.1 Å². The van der Waals surface area contributed by atoms with Crippen LogP contribution in [0.5, 0.6) is 0 Å². The largest absolute Gasteiger partial charge is 0.440 e. The fraction of sp³-hybridized carbons (Fsp3) is 0.310. The van der Waals surface area contributed by atoms with Gasteiger partial charge in [0, 0.05) is 32.5 Å². The Kier molecular flexibility index (Phi) is 5.85. The van der Waals surface area contributed by atoms with Crippen molar-refractivity contribution in [1.82, 2.24) is 9.80 Å². The zero-order valence-electron chi connectivity index (χ0n) is 19.5. The minimum Gasteiger partial charge on any atom is -0.440 e. The van der Waals surface area contributed by atoms with Gasteiger partial charge in [-0.05, 0) is 35.7 Å². The van der Waals surface area contributed by atoms with Crippen LogP contribution in [0.1, 0.15) is 42.0 Å². The van der Waals surface area contributed by atoms with Gasteiger partial charge in [0.2, 0.25) is 0 Å². The van der Waals surface area contributed by atoms with Gasteiger partial charge < -0.3 is 4.74 Å². The molecule has 3 aromatic rings. The van der Waals surface area contributed by atoms with Crippen molar-refractivity contribution in [3.05, 3.63) is 107 Å². The molecule has 0 radical (unpaired) electrons. The number of nitriles is 1. The van der Waals surface area contributed by atoms with Crippen molar-refractivity contribution in [3.63, 3.8) is 0 Å². The molecule has 5 nitrogen and oxygen atoms in total. The summed E-state index contributed by atoms with van der Waals surface area (Å²) in [5.41, 5.74) is 2.92. The molecule has 172 valence electrons. The molecule has 5 heteroatoms. The van der Waals surface area contributed by atoms with E-state index in [0.717, 1.165) is 43.6 Å². The Balaban J connectivity index is 1.41. The molecule has 2 saturated heterocycles. The lowest BCUT2D eigenvalue weighted by atomic mass is 9.70. The molecule has 0 N–H and O–H groups in total. The molecule has 0 saturated carbocycles. The Labute approximate surface area is 201 Å². The summed E-state index contributed by atoms with van der Waals surface area (Å²) in [6.07, 6.45) is 1.30. The van der Waals surface area contributed by atoms with Gasteiger partial charge in [-0.25, -0.2) is 4.79 Å². The van der Waals surface area contributed by atoms with E-state index in [-0.39, 0.29) is 6.09 Å². The zero-order chi connectivity index (χ0) is 23.6. The molecule has 2 aliphatic heterocycles. The van der Waals surface area contributed by atoms with Crippen molar-refractivity contribution in [2.45, 2.75) is 44.0 Å². The number of carbonyl (C=O) groups excluding carboxylic acids is 1. The first kappa shape index (κ1) is 22.2. The first-order chi connectivity index (χ1) is 16.5. The van der Waals surface area contributed by atoms with E-state index < -0.39 is 11.1 Å². The van der Waals surface area contributed by atoms with Crippen molar-refractivity contribution < 1.29 is 9.53 Å². The second kappa shape index (κ2) is 8.96. The van der Waals surface area contributed by atoms with Crippen LogP contribution in [-0.2, 0) is 23.4 Å². The van der Waals surface area contributed by atoms with Crippen molar-refractivity contribution in [3.8, 4) is 6.07 Å². The molecule has 1 unspecified atom stereocenters. The summed E-state index contributed by atoms with van der Waals surface area (Å²) >= 11 is 0. The third kappa shape index (κ3) is 3.85. The third-order valence-corrected chi connectivity index (χ3v) is 7.60. The number of carbonyl (C=O) groups is 1. The second-order valence-corrected chi connectivity index (χ2v) is 9.46. The molecule has 0 aliphatic carbocycles. The van der Waals surface area contributed by atoms with Crippen LogP contribution in [0.3, 0.4) is 0 Å². The summed E-state index contributed by atoms with van der Waals surface area (Å²) in [5.74, 6) is 0. The van der Waals surface area contributed by atoms with Crippen molar-refractivity contribution in [2.75, 3.05) is 13.1 Å². The molecule has 5 rings (SSSR count). The van der Waals surface area contributed by atoms with E-state index in [4.69, 9.17) is 10.00 Å². The van der Waals surface area contributed by atoms with E-state index in [1.54, 1.807) is 0 Å². The number of benzene rings is 3. The second-order valence-electron chi connectivity index (χ2n) is 9.46. The van der Waals surface area contributed by atoms with Crippen molar-refractivity contribution in [2.24, 2.45) is 0 Å². The lowest BCUT2D eigenvalue weighted by Gasteiger charge is -2.48. The molecule has 3 aromatic carbocycles. The number of hydrogen-bond acceptors (Lipinski definition) is 4. The molecule has 34 heavy (non-hydrogen) atoms. The Bertz CT molecular complexity index is 1180. The van der Waals surface area contributed by atoms with Gasteiger partial charge in [-0.15, -0.1) is 0 Å². The van der Waals surface area contributed by atoms with Gasteiger partial charge in [-0.2, -0.15) is 5.26 Å². The van der Waals surface area contributed by atoms with E-state index in [2.05, 4.69) is 42.2 Å². The lowest BCUT2D eigenvalue weighted by molar-refractivity contribution is -0.0614. The van der Waals surface area contributed by atoms with Crippen LogP contribution in [0.2, 0.25) is 0 Å². The highest BCUT2D eigenvalue weighted by Gasteiger charge is 2.63. The Morgan fingerprint density at radius 3 is 2.06 bits per heavy atom. The third-order valence-electron chi connectivity index (χ3n) is 7.60. The van der Waals surface area contributed by atoms with Crippen LogP contribution in [0.25, 0.3) is 0 Å². The molecule has 0 aromatic heterocycles. The highest BCUT2D eigenvalue weighted by molar-refractivity contribution is 5.73. The van der Waals surface area contributed by atoms with Gasteiger partial charge in [-0.3, -0.25) is 9.80 Å². The number of likely N-dealkylation sites (tertiary alicyclic amines) is 1. The maximum Gasteiger partial charge on any atom is 0.411 e. The summed E-state index contributed by atoms with van der Waals surface area (Å²) < 4.78 is 6.30. The summed E-state index contributed by atoms with van der Waals surface area (Å²) in [7, 11) is 0. The maximum atomic E-state index is 13.3. The van der Waals surface area contributed by atoms with E-state index in [1.807, 2.05) is 65.6 Å². The SMILES string of the molecule is CC1(c2ccccc2)N(Cc2ccccc2)C(=O)OC12CCN(Cc1ccc(C#N)cc1)CC2. The summed E-state index contributed by atoms with van der Waals surface area (Å²) in [6, 6.07) is 30.4. The lowest BCUT2D eigenvalue weighted by Crippen LogP contribution is -2.58. The van der Waals surface area contributed by atoms with Gasteiger partial charge in [-0.1, -0.05) is 72.8 Å². The number of rotatable bonds is 5. The molecule has 1 spiro atoms. The maximum absolute atomic E-state index is 13.3. The Morgan fingerprint density at radius 2 is 1.44 bits per heavy atom. The van der Waals surface area contributed by atoms with E-state index in [1.165, 1.54) is 5.56 Å². The van der Waals surface area contributed by atoms with Gasteiger partial charge in [0.05, 0.1) is 18.2 Å². The van der Waals surface area contributed by atoms with Crippen LogP contribution in [-0.4, -0.2) is 34.6 Å². The van der Waals surface area contributed by atoms with Crippen LogP contribution >= 0.6 is 0 Å². The molecule has 2 fully saturated rings. The first-order valence-corrected chi connectivity index (χ1v) is 11.9. The quantitative estimate of drug-likeness (QED) is 0.517. The minimum absolute atomic E-state index is 0.240. The molecule has 1 atom stereocenters. The van der Waals surface area contributed by atoms with Gasteiger partial charge >= 0.3 is 6.09 Å². The molecule has 2 heterocycles. The molecule has 1 amide bonds. The number of hydrogen-bond donors (Lipinski definition) is 0. The van der Waals surface area contributed by atoms with Crippen LogP contribution in [0.15, 0.2) is 84.9 Å². The van der Waals surface area contributed by atoms with Crippen LogP contribution < -0.4 is 0 Å². The number of ether oxygens (including phenoxy) is 1. The highest BCUT2D eigenvalue weighted by atomic mass is 16.6. The molecular formula is C29H29N3O2. The summed E-state index contributed by atoms with van der Waals surface area (Å²) in [5, 5.41) is 9.04. The minimum atomic E-state index is -0.582. The average molecular weight is 452 g/mol. The molecular weight excluding hydrogens is 422 g/mol. The first-order valence-electron chi connectivity index (χ1n) is 11.9. The fourth-order valence-corrected chi connectivity index (χ4v) is 5.52. The summed E-state index contributed by atoms with van der Waals surface area (Å²) in [4.78, 5) is 17.7. The van der Waals surface area contributed by atoms with Gasteiger partial charge in [0.15, 0.2) is 0 Å². The predicted octanol–water partition coefficient (Wildman–Crippen LogP) is 5.46. The smallest absolute Gasteiger partial charge is 0.411 e. The number of nitrogens with zero attached hydrogens (tertiary/aromatic N) is 3. The normalized spacial score (nSPS) is 21.9. The standard InChI is InChI=1S/C29H29N3O2/c1-28(26-10-6-3-7-11-26)29(34-27(33)32(28)22-24-8-4-2-5-9-24)16-18-31(19-17-29)21-25-14-12-23(20-30)13-15-25/h2-15H,16-19,21-22H2,1H3. The fourth-order valence-electron chi connectivity index (χ4n) is 5.52. The monoisotopic (exact) mass is 451 g/mol. The number of amides is 1. The van der Waals surface area contributed by atoms with Crippen LogP contribution in [0, 0.1) is 11.3 Å². The molecule has 0 bridgehead atoms. The van der Waals surface area contributed by atoms with Gasteiger partial charge in [0.1, 0.15) is 11.1 Å².